The summed E-state index contributed by atoms with van der Waals surface area (Å²) in [5, 5.41) is 0. The molecule has 2 rings (SSSR count). The van der Waals surface area contributed by atoms with E-state index >= 15 is 0 Å². The zero-order valence-electron chi connectivity index (χ0n) is 9.64. The van der Waals surface area contributed by atoms with Crippen LogP contribution >= 0.6 is 11.8 Å². The lowest BCUT2D eigenvalue weighted by molar-refractivity contribution is 0.340. The Labute approximate surface area is 102 Å². The first-order chi connectivity index (χ1) is 7.77. The third kappa shape index (κ3) is 2.04. The van der Waals surface area contributed by atoms with Crippen molar-refractivity contribution in [1.29, 1.82) is 0 Å². The van der Waals surface area contributed by atoms with E-state index in [9.17, 15) is 4.79 Å². The van der Waals surface area contributed by atoms with Crippen molar-refractivity contribution in [3.8, 4) is 0 Å². The predicted octanol–water partition coefficient (Wildman–Crippen LogP) is 2.14. The van der Waals surface area contributed by atoms with Crippen LogP contribution < -0.4 is 0 Å². The van der Waals surface area contributed by atoms with Crippen LogP contribution in [0.5, 0.6) is 0 Å². The Bertz CT molecular complexity index is 397. The van der Waals surface area contributed by atoms with Crippen LogP contribution in [0.4, 0.5) is 0 Å². The third-order valence-corrected chi connectivity index (χ3v) is 4.03. The number of fused-ring (bicyclic) bond motifs is 1. The van der Waals surface area contributed by atoms with E-state index in [-0.39, 0.29) is 0 Å². The topological polar surface area (TPSA) is 20.3 Å². The van der Waals surface area contributed by atoms with Gasteiger partial charge in [-0.25, -0.2) is 0 Å². The van der Waals surface area contributed by atoms with E-state index in [1.165, 1.54) is 16.0 Å². The van der Waals surface area contributed by atoms with Gasteiger partial charge in [0, 0.05) is 10.9 Å². The molecule has 0 saturated heterocycles. The van der Waals surface area contributed by atoms with Gasteiger partial charge >= 0.3 is 0 Å². The minimum absolute atomic E-state index is 0.307. The molecule has 1 heterocycles. The highest BCUT2D eigenvalue weighted by molar-refractivity contribution is 7.98. The van der Waals surface area contributed by atoms with E-state index in [2.05, 4.69) is 36.2 Å². The molecule has 0 saturated carbocycles. The lowest BCUT2D eigenvalue weighted by atomic mass is 9.84. The summed E-state index contributed by atoms with van der Waals surface area (Å²) in [7, 11) is 1.65. The van der Waals surface area contributed by atoms with Crippen molar-refractivity contribution in [3.05, 3.63) is 29.3 Å². The number of hydrogen-bond acceptors (Lipinski definition) is 3. The highest BCUT2D eigenvalue weighted by Crippen LogP contribution is 2.33. The highest BCUT2D eigenvalue weighted by atomic mass is 32.2. The third-order valence-electron chi connectivity index (χ3n) is 3.21. The average molecular weight is 232 g/mol. The van der Waals surface area contributed by atoms with Gasteiger partial charge in [0.1, 0.15) is 0 Å². The molecule has 1 radical (unpaired) electrons. The second kappa shape index (κ2) is 5.06. The van der Waals surface area contributed by atoms with Crippen LogP contribution in [0.2, 0.25) is 0 Å². The van der Waals surface area contributed by atoms with E-state index in [4.69, 9.17) is 0 Å². The van der Waals surface area contributed by atoms with Gasteiger partial charge in [0.2, 0.25) is 0 Å². The van der Waals surface area contributed by atoms with Gasteiger partial charge in [-0.05, 0) is 43.3 Å². The van der Waals surface area contributed by atoms with Crippen molar-refractivity contribution in [2.75, 3.05) is 12.8 Å². The van der Waals surface area contributed by atoms with Gasteiger partial charge in [-0.2, -0.15) is 0 Å². The van der Waals surface area contributed by atoms with Crippen molar-refractivity contribution in [3.63, 3.8) is 0 Å². The lowest BCUT2D eigenvalue weighted by Crippen LogP contribution is -2.37. The Balaban J connectivity index is 2.34. The molecule has 1 atom stereocenters. The largest absolute Gasteiger partial charge is 0.333 e. The maximum Gasteiger partial charge on any atom is 0.293 e. The Morgan fingerprint density at radius 2 is 2.38 bits per heavy atom. The van der Waals surface area contributed by atoms with Crippen molar-refractivity contribution >= 4 is 25.4 Å². The van der Waals surface area contributed by atoms with Gasteiger partial charge in [-0.15, -0.1) is 11.8 Å². The number of nitrogens with zero attached hydrogens (tertiary/aromatic N) is 1. The van der Waals surface area contributed by atoms with E-state index in [1.54, 1.807) is 19.2 Å². The van der Waals surface area contributed by atoms with Crippen LogP contribution in [0.15, 0.2) is 23.1 Å². The number of carbonyl (C=O) groups is 1. The molecule has 1 aromatic rings. The second-order valence-electron chi connectivity index (χ2n) is 3.98. The summed E-state index contributed by atoms with van der Waals surface area (Å²) in [6.07, 6.45) is 4.02. The van der Waals surface area contributed by atoms with Crippen LogP contribution in [0, 0.1) is 0 Å². The fraction of sp³-hybridized carbons (Fsp3) is 0.417. The molecule has 83 valence electrons. The molecular formula is C12H15BNOS. The molecule has 16 heavy (non-hydrogen) atoms. The van der Waals surface area contributed by atoms with Crippen LogP contribution in [0.3, 0.4) is 0 Å². The highest BCUT2D eigenvalue weighted by Gasteiger charge is 2.24. The monoisotopic (exact) mass is 232 g/mol. The van der Waals surface area contributed by atoms with Crippen molar-refractivity contribution in [2.24, 2.45) is 0 Å². The van der Waals surface area contributed by atoms with Crippen molar-refractivity contribution in [1.82, 2.24) is 4.81 Å². The molecule has 1 aliphatic heterocycles. The standard InChI is InChI=1S/C12H15BNOS/c1-9-10-4-3-5-12(16-2)11(10)6-7-14(9)13-8-15/h3-5,8-9H,6-7H2,1-2H3/t9-/m0/s1. The van der Waals surface area contributed by atoms with Crippen LogP contribution in [0.25, 0.3) is 0 Å². The minimum atomic E-state index is 0.307. The molecule has 1 aliphatic rings. The molecule has 0 unspecified atom stereocenters. The summed E-state index contributed by atoms with van der Waals surface area (Å²) in [5.41, 5.74) is 2.81. The van der Waals surface area contributed by atoms with Crippen LogP contribution in [0.1, 0.15) is 24.1 Å². The zero-order valence-corrected chi connectivity index (χ0v) is 10.5. The SMILES string of the molecule is CSc1cccc2c1CCN([B]C=O)[C@H]2C. The lowest BCUT2D eigenvalue weighted by Gasteiger charge is -2.34. The van der Waals surface area contributed by atoms with Gasteiger partial charge in [0.15, 0.2) is 0 Å². The quantitative estimate of drug-likeness (QED) is 0.452. The van der Waals surface area contributed by atoms with E-state index < -0.39 is 0 Å². The maximum atomic E-state index is 10.6. The molecule has 0 spiro atoms. The number of carbonyl (C=O) groups excluding carboxylic acids is 1. The number of hydrogen-bond donors (Lipinski definition) is 0. The minimum Gasteiger partial charge on any atom is -0.333 e. The molecule has 0 aliphatic carbocycles. The number of rotatable bonds is 3. The molecule has 4 heteroatoms. The molecule has 0 bridgehead atoms. The normalized spacial score (nSPS) is 20.2. The molecule has 1 aromatic carbocycles. The first-order valence-corrected chi connectivity index (χ1v) is 6.70. The van der Waals surface area contributed by atoms with E-state index in [0.717, 1.165) is 19.2 Å². The zero-order chi connectivity index (χ0) is 11.5. The fourth-order valence-electron chi connectivity index (χ4n) is 2.33. The summed E-state index contributed by atoms with van der Waals surface area (Å²) in [5.74, 6) is 0. The summed E-state index contributed by atoms with van der Waals surface area (Å²) in [4.78, 5) is 14.0. The molecule has 2 nitrogen and oxygen atoms in total. The summed E-state index contributed by atoms with van der Waals surface area (Å²) in [6.45, 7) is 3.09. The Morgan fingerprint density at radius 1 is 1.56 bits per heavy atom. The first kappa shape index (κ1) is 11.7. The van der Waals surface area contributed by atoms with E-state index in [1.807, 2.05) is 0 Å². The molecule has 0 fully saturated rings. The second-order valence-corrected chi connectivity index (χ2v) is 4.83. The average Bonchev–Trinajstić information content (AvgIpc) is 2.32. The molecule has 0 amide bonds. The van der Waals surface area contributed by atoms with Gasteiger partial charge in [-0.1, -0.05) is 12.1 Å². The van der Waals surface area contributed by atoms with E-state index in [0.29, 0.717) is 6.04 Å². The van der Waals surface area contributed by atoms with Gasteiger partial charge in [-0.3, -0.25) is 0 Å². The van der Waals surface area contributed by atoms with Crippen LogP contribution in [-0.2, 0) is 11.2 Å². The van der Waals surface area contributed by atoms with Gasteiger partial charge in [0.25, 0.3) is 7.41 Å². The number of thioether (sulfide) groups is 1. The van der Waals surface area contributed by atoms with Gasteiger partial charge in [0.05, 0.1) is 6.19 Å². The number of benzene rings is 1. The molecule has 0 aromatic heterocycles. The fourth-order valence-corrected chi connectivity index (χ4v) is 3.01. The predicted molar refractivity (Wildman–Crippen MR) is 69.6 cm³/mol. The summed E-state index contributed by atoms with van der Waals surface area (Å²) in [6, 6.07) is 6.76. The molecule has 0 N–H and O–H groups in total. The summed E-state index contributed by atoms with van der Waals surface area (Å²) < 4.78 is 0. The Hall–Kier alpha value is -0.735. The van der Waals surface area contributed by atoms with Crippen molar-refractivity contribution < 1.29 is 4.79 Å². The smallest absolute Gasteiger partial charge is 0.293 e. The Kier molecular flexibility index (Phi) is 3.72. The first-order valence-electron chi connectivity index (χ1n) is 5.48. The van der Waals surface area contributed by atoms with Crippen molar-refractivity contribution in [2.45, 2.75) is 24.3 Å². The molecular weight excluding hydrogens is 217 g/mol. The Morgan fingerprint density at radius 3 is 3.06 bits per heavy atom. The van der Waals surface area contributed by atoms with Crippen LogP contribution in [-0.4, -0.2) is 31.2 Å². The van der Waals surface area contributed by atoms with Gasteiger partial charge < -0.3 is 9.61 Å². The maximum absolute atomic E-state index is 10.6. The summed E-state index contributed by atoms with van der Waals surface area (Å²) >= 11 is 1.80.